The highest BCUT2D eigenvalue weighted by Gasteiger charge is 2.46. The zero-order chi connectivity index (χ0) is 19.2. The molecule has 2 saturated heterocycles. The number of aryl methyl sites for hydroxylation is 1. The maximum Gasteiger partial charge on any atom is 0.433 e. The summed E-state index contributed by atoms with van der Waals surface area (Å²) < 4.78 is 38.0. The van der Waals surface area contributed by atoms with Crippen LogP contribution in [0.5, 0.6) is 0 Å². The molecule has 3 heterocycles. The largest absolute Gasteiger partial charge is 0.433 e. The SMILES string of the molecule is Cc1ccccc1[C@H]1[C@@H]2CN(Cc3ccc(C(F)(F)F)nc3)C[C@@H]2CN1C. The van der Waals surface area contributed by atoms with Crippen molar-refractivity contribution in [2.45, 2.75) is 25.7 Å². The van der Waals surface area contributed by atoms with Crippen molar-refractivity contribution in [1.29, 1.82) is 0 Å². The summed E-state index contributed by atoms with van der Waals surface area (Å²) in [6.07, 6.45) is -3.02. The van der Waals surface area contributed by atoms with Gasteiger partial charge in [-0.15, -0.1) is 0 Å². The number of hydrogen-bond acceptors (Lipinski definition) is 3. The average Bonchev–Trinajstić information content (AvgIpc) is 3.11. The number of fused-ring (bicyclic) bond motifs is 1. The number of rotatable bonds is 3. The summed E-state index contributed by atoms with van der Waals surface area (Å²) in [6, 6.07) is 11.6. The standard InChI is InChI=1S/C21H24F3N3/c1-14-5-3-4-6-17(14)20-18-13-27(12-16(18)11-26(20)2)10-15-7-8-19(25-9-15)21(22,23)24/h3-9,16,18,20H,10-13H2,1-2H3/t16-,18+,20-/m0/s1. The first kappa shape index (κ1) is 18.4. The molecule has 4 rings (SSSR count). The molecule has 0 radical (unpaired) electrons. The van der Waals surface area contributed by atoms with Gasteiger partial charge in [-0.05, 0) is 48.6 Å². The smallest absolute Gasteiger partial charge is 0.299 e. The third-order valence-electron chi connectivity index (χ3n) is 6.00. The maximum absolute atomic E-state index is 12.7. The summed E-state index contributed by atoms with van der Waals surface area (Å²) in [5.74, 6) is 1.15. The van der Waals surface area contributed by atoms with Crippen LogP contribution in [0.2, 0.25) is 0 Å². The molecule has 27 heavy (non-hydrogen) atoms. The van der Waals surface area contributed by atoms with E-state index in [1.54, 1.807) is 6.07 Å². The van der Waals surface area contributed by atoms with Crippen molar-refractivity contribution < 1.29 is 13.2 Å². The molecule has 2 aliphatic rings. The predicted molar refractivity (Wildman–Crippen MR) is 98.0 cm³/mol. The molecule has 0 spiro atoms. The first-order valence-electron chi connectivity index (χ1n) is 9.33. The lowest BCUT2D eigenvalue weighted by atomic mass is 9.88. The molecule has 3 nitrogen and oxygen atoms in total. The third-order valence-corrected chi connectivity index (χ3v) is 6.00. The van der Waals surface area contributed by atoms with E-state index in [1.807, 2.05) is 0 Å². The Labute approximate surface area is 157 Å². The van der Waals surface area contributed by atoms with Gasteiger partial charge in [0.1, 0.15) is 5.69 Å². The minimum atomic E-state index is -4.38. The Morgan fingerprint density at radius 3 is 2.52 bits per heavy atom. The van der Waals surface area contributed by atoms with E-state index in [0.29, 0.717) is 24.4 Å². The molecule has 2 fully saturated rings. The highest BCUT2D eigenvalue weighted by atomic mass is 19.4. The Bertz CT molecular complexity index is 803. The first-order chi connectivity index (χ1) is 12.8. The van der Waals surface area contributed by atoms with Gasteiger partial charge in [-0.2, -0.15) is 13.2 Å². The number of halogens is 3. The second-order valence-corrected chi connectivity index (χ2v) is 7.91. The van der Waals surface area contributed by atoms with Crippen molar-refractivity contribution in [2.24, 2.45) is 11.8 Å². The van der Waals surface area contributed by atoms with E-state index >= 15 is 0 Å². The summed E-state index contributed by atoms with van der Waals surface area (Å²) in [6.45, 7) is 5.83. The van der Waals surface area contributed by atoms with E-state index in [4.69, 9.17) is 0 Å². The topological polar surface area (TPSA) is 19.4 Å². The van der Waals surface area contributed by atoms with Crippen LogP contribution in [0, 0.1) is 18.8 Å². The van der Waals surface area contributed by atoms with Crippen molar-refractivity contribution in [2.75, 3.05) is 26.7 Å². The number of aromatic nitrogens is 1. The van der Waals surface area contributed by atoms with Gasteiger partial charge in [0.2, 0.25) is 0 Å². The summed E-state index contributed by atoms with van der Waals surface area (Å²) in [5.41, 5.74) is 2.72. The molecule has 1 aromatic carbocycles. The summed E-state index contributed by atoms with van der Waals surface area (Å²) in [4.78, 5) is 8.40. The van der Waals surface area contributed by atoms with Gasteiger partial charge < -0.3 is 0 Å². The monoisotopic (exact) mass is 375 g/mol. The Morgan fingerprint density at radius 1 is 1.07 bits per heavy atom. The van der Waals surface area contributed by atoms with Gasteiger partial charge in [0.05, 0.1) is 0 Å². The second-order valence-electron chi connectivity index (χ2n) is 7.91. The summed E-state index contributed by atoms with van der Waals surface area (Å²) in [5, 5.41) is 0. The quantitative estimate of drug-likeness (QED) is 0.804. The molecule has 0 N–H and O–H groups in total. The normalized spacial score (nSPS) is 26.5. The van der Waals surface area contributed by atoms with E-state index in [9.17, 15) is 13.2 Å². The molecule has 6 heteroatoms. The fourth-order valence-electron chi connectivity index (χ4n) is 4.81. The highest BCUT2D eigenvalue weighted by molar-refractivity contribution is 5.31. The van der Waals surface area contributed by atoms with Crippen LogP contribution in [-0.2, 0) is 12.7 Å². The predicted octanol–water partition coefficient (Wildman–Crippen LogP) is 4.14. The van der Waals surface area contributed by atoms with Gasteiger partial charge >= 0.3 is 6.18 Å². The molecule has 144 valence electrons. The molecule has 1 aromatic heterocycles. The number of hydrogen-bond donors (Lipinski definition) is 0. The lowest BCUT2D eigenvalue weighted by molar-refractivity contribution is -0.141. The van der Waals surface area contributed by atoms with E-state index in [0.717, 1.165) is 31.3 Å². The van der Waals surface area contributed by atoms with Gasteiger partial charge in [0.15, 0.2) is 0 Å². The van der Waals surface area contributed by atoms with E-state index < -0.39 is 11.9 Å². The fraction of sp³-hybridized carbons (Fsp3) is 0.476. The van der Waals surface area contributed by atoms with Crippen LogP contribution in [0.25, 0.3) is 0 Å². The molecular formula is C21H24F3N3. The van der Waals surface area contributed by atoms with Crippen LogP contribution in [0.15, 0.2) is 42.6 Å². The van der Waals surface area contributed by atoms with Gasteiger partial charge in [-0.3, -0.25) is 14.8 Å². The molecule has 3 atom stereocenters. The van der Waals surface area contributed by atoms with Gasteiger partial charge in [-0.25, -0.2) is 0 Å². The lowest BCUT2D eigenvalue weighted by Gasteiger charge is -2.28. The third kappa shape index (κ3) is 3.60. The first-order valence-corrected chi connectivity index (χ1v) is 9.33. The number of pyridine rings is 1. The van der Waals surface area contributed by atoms with Crippen molar-refractivity contribution >= 4 is 0 Å². The van der Waals surface area contributed by atoms with Crippen LogP contribution < -0.4 is 0 Å². The van der Waals surface area contributed by atoms with Gasteiger partial charge in [0.25, 0.3) is 0 Å². The number of nitrogens with zero attached hydrogens (tertiary/aromatic N) is 3. The average molecular weight is 375 g/mol. The van der Waals surface area contributed by atoms with Crippen molar-refractivity contribution in [3.05, 3.63) is 65.0 Å². The number of likely N-dealkylation sites (tertiary alicyclic amines) is 2. The second kappa shape index (κ2) is 6.91. The Kier molecular flexibility index (Phi) is 4.72. The molecule has 2 aliphatic heterocycles. The molecule has 0 bridgehead atoms. The van der Waals surface area contributed by atoms with Crippen LogP contribution in [-0.4, -0.2) is 41.5 Å². The molecular weight excluding hydrogens is 351 g/mol. The lowest BCUT2D eigenvalue weighted by Crippen LogP contribution is -2.29. The van der Waals surface area contributed by atoms with Crippen LogP contribution in [0.4, 0.5) is 13.2 Å². The fourth-order valence-corrected chi connectivity index (χ4v) is 4.81. The molecule has 2 aromatic rings. The highest BCUT2D eigenvalue weighted by Crippen LogP contribution is 2.45. The van der Waals surface area contributed by atoms with Crippen LogP contribution in [0.3, 0.4) is 0 Å². The minimum Gasteiger partial charge on any atom is -0.299 e. The maximum atomic E-state index is 12.7. The number of alkyl halides is 3. The van der Waals surface area contributed by atoms with Gasteiger partial charge in [-0.1, -0.05) is 30.3 Å². The molecule has 0 amide bonds. The Balaban J connectivity index is 1.46. The summed E-state index contributed by atoms with van der Waals surface area (Å²) in [7, 11) is 2.19. The zero-order valence-corrected chi connectivity index (χ0v) is 15.6. The summed E-state index contributed by atoms with van der Waals surface area (Å²) >= 11 is 0. The minimum absolute atomic E-state index is 0.409. The van der Waals surface area contributed by atoms with Gasteiger partial charge in [0, 0.05) is 38.4 Å². The number of benzene rings is 1. The van der Waals surface area contributed by atoms with E-state index in [1.165, 1.54) is 17.3 Å². The molecule has 0 unspecified atom stereocenters. The Hall–Kier alpha value is -1.92. The van der Waals surface area contributed by atoms with Crippen LogP contribution in [0.1, 0.15) is 28.4 Å². The van der Waals surface area contributed by atoms with Crippen molar-refractivity contribution in [3.63, 3.8) is 0 Å². The van der Waals surface area contributed by atoms with E-state index in [-0.39, 0.29) is 0 Å². The van der Waals surface area contributed by atoms with Crippen molar-refractivity contribution in [1.82, 2.24) is 14.8 Å². The zero-order valence-electron chi connectivity index (χ0n) is 15.6. The van der Waals surface area contributed by atoms with E-state index in [2.05, 4.69) is 53.0 Å². The van der Waals surface area contributed by atoms with Crippen LogP contribution >= 0.6 is 0 Å². The van der Waals surface area contributed by atoms with Crippen molar-refractivity contribution in [3.8, 4) is 0 Å². The Morgan fingerprint density at radius 2 is 1.85 bits per heavy atom. The molecule has 0 aliphatic carbocycles. The molecule has 0 saturated carbocycles.